The minimum atomic E-state index is -4.55. The third-order valence-corrected chi connectivity index (χ3v) is 7.30. The van der Waals surface area contributed by atoms with Crippen molar-refractivity contribution >= 4 is 40.2 Å². The first-order valence-electron chi connectivity index (χ1n) is 13.2. The highest BCUT2D eigenvalue weighted by molar-refractivity contribution is 8.15. The first-order chi connectivity index (χ1) is 21.7. The molecule has 1 aliphatic rings. The number of urea groups is 1. The molecule has 17 heteroatoms. The molecule has 1 saturated heterocycles. The highest BCUT2D eigenvalue weighted by atomic mass is 32.2. The van der Waals surface area contributed by atoms with E-state index in [0.717, 1.165) is 34.9 Å². The second-order valence-corrected chi connectivity index (χ2v) is 10.8. The summed E-state index contributed by atoms with van der Waals surface area (Å²) in [5.41, 5.74) is 0.528. The maximum absolute atomic E-state index is 15.0. The Morgan fingerprint density at radius 1 is 1.07 bits per heavy atom. The van der Waals surface area contributed by atoms with E-state index in [4.69, 9.17) is 4.74 Å². The van der Waals surface area contributed by atoms with Crippen LogP contribution >= 0.6 is 11.8 Å². The molecule has 3 amide bonds. The van der Waals surface area contributed by atoms with E-state index in [0.29, 0.717) is 11.8 Å². The van der Waals surface area contributed by atoms with E-state index >= 15 is 4.39 Å². The molecule has 1 aliphatic heterocycles. The number of hydrogen-bond acceptors (Lipinski definition) is 6. The largest absolute Gasteiger partial charge is 0.417 e. The SMILES string of the molecule is Cc1ccc(COCC(F)(F)F)c(N2C(=O)CSC2=NC(=O)Nc2ccc(-c3ccn(-c4ccc(C(F)(F)F)cn4)n3)cc2F)c1. The number of pyridine rings is 1. The Kier molecular flexibility index (Phi) is 9.16. The molecule has 240 valence electrons. The summed E-state index contributed by atoms with van der Waals surface area (Å²) in [6, 6.07) is 10.9. The lowest BCUT2D eigenvalue weighted by Gasteiger charge is -2.21. The van der Waals surface area contributed by atoms with Gasteiger partial charge in [0.25, 0.3) is 0 Å². The maximum atomic E-state index is 15.0. The number of carbonyl (C=O) groups is 2. The van der Waals surface area contributed by atoms with Crippen molar-refractivity contribution in [3.63, 3.8) is 0 Å². The molecule has 0 bridgehead atoms. The standard InChI is InChI=1S/C29H21F7N6O3S/c1-16-2-3-18(13-45-15-28(31,32)33)23(10-16)42-25(43)14-46-27(42)39-26(44)38-22-6-4-17(11-20(22)30)21-8-9-41(40-21)24-7-5-19(12-37-24)29(34,35)36/h2-12H,13-15H2,1H3,(H,38,44). The summed E-state index contributed by atoms with van der Waals surface area (Å²) < 4.78 is 97.2. The van der Waals surface area contributed by atoms with Crippen molar-refractivity contribution in [2.45, 2.75) is 25.9 Å². The number of aliphatic imine (C=N–C) groups is 1. The first-order valence-corrected chi connectivity index (χ1v) is 14.2. The Hall–Kier alpha value is -4.77. The Morgan fingerprint density at radius 2 is 1.85 bits per heavy atom. The molecular formula is C29H21F7N6O3S. The van der Waals surface area contributed by atoms with E-state index in [1.54, 1.807) is 19.1 Å². The number of nitrogens with zero attached hydrogens (tertiary/aromatic N) is 5. The first kappa shape index (κ1) is 32.6. The lowest BCUT2D eigenvalue weighted by atomic mass is 10.1. The van der Waals surface area contributed by atoms with Crippen LogP contribution in [0.3, 0.4) is 0 Å². The molecule has 0 unspecified atom stereocenters. The van der Waals surface area contributed by atoms with Crippen molar-refractivity contribution in [3.8, 4) is 17.1 Å². The quantitative estimate of drug-likeness (QED) is 0.210. The van der Waals surface area contributed by atoms with Crippen LogP contribution in [0, 0.1) is 12.7 Å². The van der Waals surface area contributed by atoms with Gasteiger partial charge in [-0.05, 0) is 48.9 Å². The fraction of sp³-hybridized carbons (Fsp3) is 0.207. The van der Waals surface area contributed by atoms with Crippen LogP contribution in [0.15, 0.2) is 72.0 Å². The second kappa shape index (κ2) is 12.9. The molecule has 2 aromatic carbocycles. The van der Waals surface area contributed by atoms with Gasteiger partial charge in [0.2, 0.25) is 5.91 Å². The number of halogens is 7. The van der Waals surface area contributed by atoms with Crippen molar-refractivity contribution in [1.29, 1.82) is 0 Å². The van der Waals surface area contributed by atoms with E-state index < -0.39 is 48.9 Å². The van der Waals surface area contributed by atoms with Crippen molar-refractivity contribution in [1.82, 2.24) is 14.8 Å². The number of aromatic nitrogens is 3. The molecule has 3 heterocycles. The number of amides is 3. The molecule has 9 nitrogen and oxygen atoms in total. The molecule has 0 spiro atoms. The summed E-state index contributed by atoms with van der Waals surface area (Å²) in [4.78, 5) is 34.3. The van der Waals surface area contributed by atoms with Crippen molar-refractivity contribution < 1.29 is 45.1 Å². The second-order valence-electron chi connectivity index (χ2n) is 9.83. The average molecular weight is 667 g/mol. The molecular weight excluding hydrogens is 645 g/mol. The molecule has 1 N–H and O–H groups in total. The summed E-state index contributed by atoms with van der Waals surface area (Å²) in [6.45, 7) is -0.238. The van der Waals surface area contributed by atoms with E-state index in [1.165, 1.54) is 35.1 Å². The summed E-state index contributed by atoms with van der Waals surface area (Å²) in [5, 5.41) is 6.46. The topological polar surface area (TPSA) is 102 Å². The highest BCUT2D eigenvalue weighted by Gasteiger charge is 2.33. The lowest BCUT2D eigenvalue weighted by Crippen LogP contribution is -2.31. The van der Waals surface area contributed by atoms with Gasteiger partial charge in [-0.2, -0.15) is 36.4 Å². The molecule has 46 heavy (non-hydrogen) atoms. The third-order valence-electron chi connectivity index (χ3n) is 6.37. The molecule has 0 radical (unpaired) electrons. The van der Waals surface area contributed by atoms with E-state index in [2.05, 4.69) is 20.4 Å². The number of amidine groups is 1. The van der Waals surface area contributed by atoms with Gasteiger partial charge in [0.15, 0.2) is 11.0 Å². The number of rotatable bonds is 7. The molecule has 0 saturated carbocycles. The van der Waals surface area contributed by atoms with Gasteiger partial charge in [0.05, 0.1) is 35.0 Å². The Labute approximate surface area is 260 Å². The zero-order valence-electron chi connectivity index (χ0n) is 23.5. The van der Waals surface area contributed by atoms with E-state index in [-0.39, 0.29) is 44.9 Å². The number of benzene rings is 2. The number of anilines is 2. The number of aryl methyl sites for hydroxylation is 1. The van der Waals surface area contributed by atoms with Gasteiger partial charge in [-0.25, -0.2) is 18.9 Å². The smallest absolute Gasteiger partial charge is 0.367 e. The minimum Gasteiger partial charge on any atom is -0.367 e. The van der Waals surface area contributed by atoms with Crippen LogP contribution in [-0.2, 0) is 22.3 Å². The van der Waals surface area contributed by atoms with Crippen LogP contribution in [0.1, 0.15) is 16.7 Å². The number of carbonyl (C=O) groups excluding carboxylic acids is 2. The monoisotopic (exact) mass is 666 g/mol. The van der Waals surface area contributed by atoms with Crippen molar-refractivity contribution in [3.05, 3.63) is 89.5 Å². The molecule has 1 fully saturated rings. The van der Waals surface area contributed by atoms with Gasteiger partial charge in [-0.1, -0.05) is 30.0 Å². The van der Waals surface area contributed by atoms with E-state index in [1.807, 2.05) is 0 Å². The third kappa shape index (κ3) is 7.71. The summed E-state index contributed by atoms with van der Waals surface area (Å²) in [6.07, 6.45) is -6.99. The van der Waals surface area contributed by atoms with Gasteiger partial charge in [-0.15, -0.1) is 0 Å². The van der Waals surface area contributed by atoms with Crippen LogP contribution in [0.5, 0.6) is 0 Å². The van der Waals surface area contributed by atoms with Crippen molar-refractivity contribution in [2.75, 3.05) is 22.6 Å². The Bertz CT molecular complexity index is 1810. The molecule has 4 aromatic rings. The summed E-state index contributed by atoms with van der Waals surface area (Å²) in [7, 11) is 0. The number of alkyl halides is 6. The molecule has 2 aromatic heterocycles. The predicted octanol–water partition coefficient (Wildman–Crippen LogP) is 7.15. The number of hydrogen-bond donors (Lipinski definition) is 1. The summed E-state index contributed by atoms with van der Waals surface area (Å²) in [5.74, 6) is -1.32. The Balaban J connectivity index is 1.30. The van der Waals surface area contributed by atoms with Crippen LogP contribution in [-0.4, -0.2) is 50.4 Å². The number of nitrogens with one attached hydrogen (secondary N) is 1. The van der Waals surface area contributed by atoms with Crippen LogP contribution < -0.4 is 10.2 Å². The average Bonchev–Trinajstić information content (AvgIpc) is 3.61. The van der Waals surface area contributed by atoms with Crippen molar-refractivity contribution in [2.24, 2.45) is 4.99 Å². The number of ether oxygens (including phenoxy) is 1. The lowest BCUT2D eigenvalue weighted by molar-refractivity contribution is -0.176. The fourth-order valence-corrected chi connectivity index (χ4v) is 5.12. The highest BCUT2D eigenvalue weighted by Crippen LogP contribution is 2.32. The normalized spacial score (nSPS) is 14.7. The minimum absolute atomic E-state index is 0.0652. The van der Waals surface area contributed by atoms with Crippen LogP contribution in [0.4, 0.5) is 46.9 Å². The fourth-order valence-electron chi connectivity index (χ4n) is 4.26. The number of thioether (sulfide) groups is 1. The van der Waals surface area contributed by atoms with Gasteiger partial charge in [0, 0.05) is 23.5 Å². The zero-order valence-corrected chi connectivity index (χ0v) is 24.3. The van der Waals surface area contributed by atoms with Gasteiger partial charge < -0.3 is 10.1 Å². The zero-order chi connectivity index (χ0) is 33.2. The van der Waals surface area contributed by atoms with E-state index in [9.17, 15) is 35.9 Å². The maximum Gasteiger partial charge on any atom is 0.417 e. The Morgan fingerprint density at radius 3 is 2.52 bits per heavy atom. The van der Waals surface area contributed by atoms with Gasteiger partial charge in [-0.3, -0.25) is 9.69 Å². The van der Waals surface area contributed by atoms with Crippen LogP contribution in [0.25, 0.3) is 17.1 Å². The molecule has 5 rings (SSSR count). The van der Waals surface area contributed by atoms with Crippen LogP contribution in [0.2, 0.25) is 0 Å². The summed E-state index contributed by atoms with van der Waals surface area (Å²) >= 11 is 0.921. The predicted molar refractivity (Wildman–Crippen MR) is 155 cm³/mol. The molecule has 0 aliphatic carbocycles. The molecule has 0 atom stereocenters. The van der Waals surface area contributed by atoms with Gasteiger partial charge in [0.1, 0.15) is 12.4 Å². The van der Waals surface area contributed by atoms with Gasteiger partial charge >= 0.3 is 18.4 Å².